The van der Waals surface area contributed by atoms with E-state index in [0.29, 0.717) is 11.8 Å². The normalized spacial score (nSPS) is 19.9. The van der Waals surface area contributed by atoms with Gasteiger partial charge in [0.1, 0.15) is 11.3 Å². The summed E-state index contributed by atoms with van der Waals surface area (Å²) in [6.45, 7) is 7.24. The van der Waals surface area contributed by atoms with Crippen molar-refractivity contribution in [3.8, 4) is 0 Å². The van der Waals surface area contributed by atoms with Crippen LogP contribution in [0.5, 0.6) is 0 Å². The molecule has 3 heterocycles. The van der Waals surface area contributed by atoms with Gasteiger partial charge in [-0.25, -0.2) is 9.97 Å². The van der Waals surface area contributed by atoms with E-state index in [1.165, 1.54) is 18.7 Å². The molecule has 0 bridgehead atoms. The van der Waals surface area contributed by atoms with Crippen molar-refractivity contribution in [1.82, 2.24) is 14.5 Å². The molecule has 1 fully saturated rings. The van der Waals surface area contributed by atoms with Gasteiger partial charge >= 0.3 is 0 Å². The summed E-state index contributed by atoms with van der Waals surface area (Å²) in [7, 11) is 0. The topological polar surface area (TPSA) is 39.9 Å². The molecule has 2 aromatic heterocycles. The zero-order valence-corrected chi connectivity index (χ0v) is 12.4. The average Bonchev–Trinajstić information content (AvgIpc) is 2.77. The lowest BCUT2D eigenvalue weighted by Gasteiger charge is -2.23. The van der Waals surface area contributed by atoms with E-state index >= 15 is 0 Å². The molecule has 1 aliphatic rings. The van der Waals surface area contributed by atoms with Gasteiger partial charge in [0, 0.05) is 31.7 Å². The maximum Gasteiger partial charge on any atom is 0.159 e. The Morgan fingerprint density at radius 2 is 2.35 bits per heavy atom. The highest BCUT2D eigenvalue weighted by molar-refractivity contribution is 5.71. The second kappa shape index (κ2) is 5.92. The van der Waals surface area contributed by atoms with Gasteiger partial charge in [-0.05, 0) is 30.9 Å². The van der Waals surface area contributed by atoms with Gasteiger partial charge in [0.2, 0.25) is 0 Å². The van der Waals surface area contributed by atoms with E-state index < -0.39 is 0 Å². The highest BCUT2D eigenvalue weighted by Gasteiger charge is 2.19. The van der Waals surface area contributed by atoms with Crippen LogP contribution >= 0.6 is 0 Å². The molecular weight excluding hydrogens is 250 g/mol. The van der Waals surface area contributed by atoms with E-state index in [2.05, 4.69) is 29.5 Å². The molecule has 4 nitrogen and oxygen atoms in total. The van der Waals surface area contributed by atoms with Gasteiger partial charge in [0.15, 0.2) is 5.65 Å². The highest BCUT2D eigenvalue weighted by Crippen LogP contribution is 2.22. The minimum absolute atomic E-state index is 0.592. The van der Waals surface area contributed by atoms with Gasteiger partial charge in [-0.3, -0.25) is 0 Å². The molecule has 1 atom stereocenters. The molecule has 0 aromatic carbocycles. The molecule has 4 heteroatoms. The highest BCUT2D eigenvalue weighted by atomic mass is 16.5. The Hall–Kier alpha value is -1.42. The van der Waals surface area contributed by atoms with Crippen molar-refractivity contribution >= 4 is 11.2 Å². The van der Waals surface area contributed by atoms with Crippen molar-refractivity contribution in [3.63, 3.8) is 0 Å². The van der Waals surface area contributed by atoms with E-state index in [1.54, 1.807) is 0 Å². The first-order chi connectivity index (χ1) is 9.74. The zero-order valence-electron chi connectivity index (χ0n) is 12.4. The second-order valence-electron chi connectivity index (χ2n) is 6.17. The first-order valence-electron chi connectivity index (χ1n) is 7.62. The van der Waals surface area contributed by atoms with Crippen LogP contribution in [0.2, 0.25) is 0 Å². The van der Waals surface area contributed by atoms with Crippen molar-refractivity contribution < 1.29 is 4.74 Å². The third-order valence-corrected chi connectivity index (χ3v) is 3.87. The Bertz CT molecular complexity index is 570. The van der Waals surface area contributed by atoms with E-state index in [1.807, 2.05) is 12.3 Å². The van der Waals surface area contributed by atoms with Gasteiger partial charge in [0.25, 0.3) is 0 Å². The lowest BCUT2D eigenvalue weighted by molar-refractivity contribution is 0.0484. The zero-order chi connectivity index (χ0) is 13.9. The lowest BCUT2D eigenvalue weighted by Crippen LogP contribution is -2.23. The smallest absolute Gasteiger partial charge is 0.159 e. The van der Waals surface area contributed by atoms with Crippen molar-refractivity contribution in [2.24, 2.45) is 11.8 Å². The summed E-state index contributed by atoms with van der Waals surface area (Å²) in [4.78, 5) is 9.31. The SMILES string of the molecule is CC(C)Cc1nc2cccnc2n1CC1CCCOC1. The maximum atomic E-state index is 5.61. The number of ether oxygens (including phenoxy) is 1. The number of pyridine rings is 1. The van der Waals surface area contributed by atoms with Gasteiger partial charge in [-0.15, -0.1) is 0 Å². The number of aromatic nitrogens is 3. The molecule has 0 saturated carbocycles. The fourth-order valence-electron chi connectivity index (χ4n) is 2.93. The van der Waals surface area contributed by atoms with E-state index in [4.69, 9.17) is 9.72 Å². The van der Waals surface area contributed by atoms with Crippen LogP contribution in [-0.2, 0) is 17.7 Å². The first kappa shape index (κ1) is 13.6. The van der Waals surface area contributed by atoms with Crippen LogP contribution in [0, 0.1) is 11.8 Å². The van der Waals surface area contributed by atoms with Crippen molar-refractivity contribution in [1.29, 1.82) is 0 Å². The van der Waals surface area contributed by atoms with Crippen molar-refractivity contribution in [2.75, 3.05) is 13.2 Å². The number of imidazole rings is 1. The first-order valence-corrected chi connectivity index (χ1v) is 7.62. The molecule has 1 unspecified atom stereocenters. The van der Waals surface area contributed by atoms with Gasteiger partial charge in [-0.2, -0.15) is 0 Å². The molecule has 0 N–H and O–H groups in total. The molecule has 108 valence electrons. The predicted octanol–water partition coefficient (Wildman–Crippen LogP) is 3.06. The van der Waals surface area contributed by atoms with Crippen LogP contribution in [0.3, 0.4) is 0 Å². The molecule has 0 radical (unpaired) electrons. The maximum absolute atomic E-state index is 5.61. The minimum Gasteiger partial charge on any atom is -0.381 e. The Morgan fingerprint density at radius 1 is 1.45 bits per heavy atom. The number of hydrogen-bond acceptors (Lipinski definition) is 3. The molecule has 2 aromatic rings. The van der Waals surface area contributed by atoms with E-state index in [-0.39, 0.29) is 0 Å². The molecule has 0 amide bonds. The van der Waals surface area contributed by atoms with Crippen LogP contribution in [0.25, 0.3) is 11.2 Å². The number of fused-ring (bicyclic) bond motifs is 1. The molecule has 0 spiro atoms. The van der Waals surface area contributed by atoms with Gasteiger partial charge < -0.3 is 9.30 Å². The van der Waals surface area contributed by atoms with Crippen LogP contribution in [0.1, 0.15) is 32.5 Å². The van der Waals surface area contributed by atoms with Gasteiger partial charge in [0.05, 0.1) is 6.61 Å². The number of rotatable bonds is 4. The number of nitrogens with zero attached hydrogens (tertiary/aromatic N) is 3. The third kappa shape index (κ3) is 2.85. The summed E-state index contributed by atoms with van der Waals surface area (Å²) >= 11 is 0. The van der Waals surface area contributed by atoms with Crippen LogP contribution in [0.4, 0.5) is 0 Å². The minimum atomic E-state index is 0.592. The fourth-order valence-corrected chi connectivity index (χ4v) is 2.93. The molecule has 1 aliphatic heterocycles. The van der Waals surface area contributed by atoms with E-state index in [0.717, 1.165) is 37.3 Å². The average molecular weight is 273 g/mol. The summed E-state index contributed by atoms with van der Waals surface area (Å²) in [6.07, 6.45) is 5.28. The van der Waals surface area contributed by atoms with Crippen LogP contribution < -0.4 is 0 Å². The predicted molar refractivity (Wildman–Crippen MR) is 79.6 cm³/mol. The quantitative estimate of drug-likeness (QED) is 0.859. The molecule has 0 aliphatic carbocycles. The second-order valence-corrected chi connectivity index (χ2v) is 6.17. The largest absolute Gasteiger partial charge is 0.381 e. The molecule has 20 heavy (non-hydrogen) atoms. The Kier molecular flexibility index (Phi) is 4.01. The Balaban J connectivity index is 1.92. The monoisotopic (exact) mass is 273 g/mol. The lowest BCUT2D eigenvalue weighted by atomic mass is 10.0. The van der Waals surface area contributed by atoms with Crippen LogP contribution in [0.15, 0.2) is 18.3 Å². The fraction of sp³-hybridized carbons (Fsp3) is 0.625. The molecule has 1 saturated heterocycles. The number of hydrogen-bond donors (Lipinski definition) is 0. The van der Waals surface area contributed by atoms with Crippen LogP contribution in [-0.4, -0.2) is 27.7 Å². The van der Waals surface area contributed by atoms with E-state index in [9.17, 15) is 0 Å². The van der Waals surface area contributed by atoms with Crippen molar-refractivity contribution in [3.05, 3.63) is 24.2 Å². The summed E-state index contributed by atoms with van der Waals surface area (Å²) in [6, 6.07) is 4.02. The van der Waals surface area contributed by atoms with Gasteiger partial charge in [-0.1, -0.05) is 13.8 Å². The summed E-state index contributed by atoms with van der Waals surface area (Å²) in [5.74, 6) is 2.36. The molecule has 3 rings (SSSR count). The summed E-state index contributed by atoms with van der Waals surface area (Å²) in [5, 5.41) is 0. The standard InChI is InChI=1S/C16H23N3O/c1-12(2)9-15-18-14-6-3-7-17-16(14)19(15)10-13-5-4-8-20-11-13/h3,6-7,12-13H,4-5,8-11H2,1-2H3. The summed E-state index contributed by atoms with van der Waals surface area (Å²) < 4.78 is 7.92. The molecular formula is C16H23N3O. The van der Waals surface area contributed by atoms with Crippen molar-refractivity contribution in [2.45, 2.75) is 39.7 Å². The Labute approximate surface area is 120 Å². The summed E-state index contributed by atoms with van der Waals surface area (Å²) in [5.41, 5.74) is 2.04. The third-order valence-electron chi connectivity index (χ3n) is 3.87. The Morgan fingerprint density at radius 3 is 3.10 bits per heavy atom.